The van der Waals surface area contributed by atoms with E-state index in [2.05, 4.69) is 20.6 Å². The molecule has 5 N–H and O–H groups in total. The van der Waals surface area contributed by atoms with Gasteiger partial charge in [0.15, 0.2) is 5.82 Å². The van der Waals surface area contributed by atoms with Crippen LogP contribution < -0.4 is 21.9 Å². The van der Waals surface area contributed by atoms with Gasteiger partial charge in [-0.2, -0.15) is 16.3 Å². The smallest absolute Gasteiger partial charge is 0.278 e. The maximum Gasteiger partial charge on any atom is 0.278 e. The molecule has 0 saturated heterocycles. The van der Waals surface area contributed by atoms with Crippen LogP contribution in [0.5, 0.6) is 0 Å². The van der Waals surface area contributed by atoms with E-state index in [0.29, 0.717) is 13.0 Å². The van der Waals surface area contributed by atoms with Gasteiger partial charge in [0.2, 0.25) is 12.4 Å². The van der Waals surface area contributed by atoms with Crippen molar-refractivity contribution < 1.29 is 4.79 Å². The molecule has 0 aliphatic rings. The van der Waals surface area contributed by atoms with Crippen LogP contribution in [-0.2, 0) is 11.3 Å². The highest BCUT2D eigenvalue weighted by atomic mass is 32.1. The molecule has 0 bridgehead atoms. The number of nitrogens with two attached hydrogens (primary N) is 1. The third-order valence-electron chi connectivity index (χ3n) is 2.18. The highest BCUT2D eigenvalue weighted by Crippen LogP contribution is 2.15. The van der Waals surface area contributed by atoms with Gasteiger partial charge in [-0.15, -0.1) is 0 Å². The van der Waals surface area contributed by atoms with Crippen molar-refractivity contribution in [2.45, 2.75) is 6.54 Å². The highest BCUT2D eigenvalue weighted by Gasteiger charge is 2.09. The summed E-state index contributed by atoms with van der Waals surface area (Å²) in [5.41, 5.74) is 6.06. The fourth-order valence-corrected chi connectivity index (χ4v) is 2.06. The summed E-state index contributed by atoms with van der Waals surface area (Å²) in [6.07, 6.45) is 0.415. The second kappa shape index (κ2) is 5.32. The molecule has 7 nitrogen and oxygen atoms in total. The molecule has 2 aromatic rings. The van der Waals surface area contributed by atoms with Gasteiger partial charge in [-0.05, 0) is 22.4 Å². The van der Waals surface area contributed by atoms with E-state index in [-0.39, 0.29) is 17.5 Å². The Morgan fingerprint density at radius 3 is 3.06 bits per heavy atom. The average molecular weight is 265 g/mol. The molecule has 0 aliphatic carbocycles. The molecular weight excluding hydrogens is 254 g/mol. The number of hydrogen-bond donors (Lipinski definition) is 4. The van der Waals surface area contributed by atoms with Crippen molar-refractivity contribution in [3.63, 3.8) is 0 Å². The minimum absolute atomic E-state index is 0.00994. The zero-order valence-corrected chi connectivity index (χ0v) is 10.1. The quantitative estimate of drug-likeness (QED) is 0.591. The molecule has 2 aromatic heterocycles. The summed E-state index contributed by atoms with van der Waals surface area (Å²) in [5, 5.41) is 9.17. The van der Waals surface area contributed by atoms with E-state index in [1.54, 1.807) is 11.3 Å². The van der Waals surface area contributed by atoms with E-state index in [9.17, 15) is 9.59 Å². The molecule has 0 radical (unpaired) electrons. The Morgan fingerprint density at radius 2 is 2.39 bits per heavy atom. The van der Waals surface area contributed by atoms with E-state index in [0.717, 1.165) is 5.56 Å². The highest BCUT2D eigenvalue weighted by molar-refractivity contribution is 7.07. The van der Waals surface area contributed by atoms with Gasteiger partial charge in [-0.1, -0.05) is 0 Å². The van der Waals surface area contributed by atoms with Crippen molar-refractivity contribution in [1.82, 2.24) is 9.97 Å². The molecule has 0 spiro atoms. The first-order chi connectivity index (χ1) is 8.70. The summed E-state index contributed by atoms with van der Waals surface area (Å²) in [4.78, 5) is 28.3. The molecule has 0 saturated carbocycles. The largest absolute Gasteiger partial charge is 0.369 e. The van der Waals surface area contributed by atoms with Crippen LogP contribution in [0.3, 0.4) is 0 Å². The maximum absolute atomic E-state index is 11.6. The summed E-state index contributed by atoms with van der Waals surface area (Å²) >= 11 is 1.57. The van der Waals surface area contributed by atoms with E-state index in [4.69, 9.17) is 5.73 Å². The molecule has 2 rings (SSSR count). The molecule has 1 amide bonds. The first-order valence-corrected chi connectivity index (χ1v) is 6.00. The zero-order chi connectivity index (χ0) is 13.0. The fourth-order valence-electron chi connectivity index (χ4n) is 1.39. The maximum atomic E-state index is 11.6. The molecule has 18 heavy (non-hydrogen) atoms. The first kappa shape index (κ1) is 12.1. The number of aromatic amines is 1. The van der Waals surface area contributed by atoms with E-state index in [1.165, 1.54) is 0 Å². The van der Waals surface area contributed by atoms with Crippen LogP contribution in [0.15, 0.2) is 21.6 Å². The number of nitrogens with one attached hydrogen (secondary N) is 3. The molecule has 0 atom stereocenters. The predicted molar refractivity (Wildman–Crippen MR) is 70.6 cm³/mol. The Balaban J connectivity index is 2.25. The van der Waals surface area contributed by atoms with Gasteiger partial charge >= 0.3 is 0 Å². The molecule has 0 fully saturated rings. The molecule has 8 heteroatoms. The Morgan fingerprint density at radius 1 is 1.56 bits per heavy atom. The van der Waals surface area contributed by atoms with Gasteiger partial charge in [0.25, 0.3) is 5.56 Å². The van der Waals surface area contributed by atoms with Crippen LogP contribution >= 0.6 is 11.3 Å². The van der Waals surface area contributed by atoms with Crippen molar-refractivity contribution in [3.8, 4) is 0 Å². The summed E-state index contributed by atoms with van der Waals surface area (Å²) < 4.78 is 0. The average Bonchev–Trinajstić information content (AvgIpc) is 2.83. The van der Waals surface area contributed by atoms with Gasteiger partial charge in [-0.25, -0.2) is 0 Å². The number of carbonyl (C=O) groups excluding carboxylic acids is 1. The number of aromatic nitrogens is 2. The fraction of sp³-hybridized carbons (Fsp3) is 0.100. The standard InChI is InChI=1S/C10H11N5O2S/c11-10-14-8(7(13-5-16)9(17)15-10)12-3-6-1-2-18-4-6/h1-2,4-5H,3H2,(H,13,16)(H4,11,12,14,15,17). The number of H-pyrrole nitrogens is 1. The van der Waals surface area contributed by atoms with Gasteiger partial charge in [0.1, 0.15) is 5.69 Å². The Labute approximate surface area is 106 Å². The normalized spacial score (nSPS) is 10.0. The van der Waals surface area contributed by atoms with Crippen molar-refractivity contribution in [1.29, 1.82) is 0 Å². The van der Waals surface area contributed by atoms with Crippen LogP contribution in [0, 0.1) is 0 Å². The monoisotopic (exact) mass is 265 g/mol. The number of nitrogen functional groups attached to an aromatic ring is 1. The van der Waals surface area contributed by atoms with Crippen molar-refractivity contribution in [2.24, 2.45) is 0 Å². The van der Waals surface area contributed by atoms with E-state index in [1.807, 2.05) is 16.8 Å². The minimum Gasteiger partial charge on any atom is -0.369 e. The predicted octanol–water partition coefficient (Wildman–Crippen LogP) is 0.594. The number of nitrogens with zero attached hydrogens (tertiary/aromatic N) is 1. The summed E-state index contributed by atoms with van der Waals surface area (Å²) in [6, 6.07) is 1.95. The topological polar surface area (TPSA) is 113 Å². The number of hydrogen-bond acceptors (Lipinski definition) is 6. The number of thiophene rings is 1. The molecule has 2 heterocycles. The van der Waals surface area contributed by atoms with Gasteiger partial charge in [-0.3, -0.25) is 14.6 Å². The number of rotatable bonds is 5. The van der Waals surface area contributed by atoms with Gasteiger partial charge < -0.3 is 16.4 Å². The third-order valence-corrected chi connectivity index (χ3v) is 2.91. The second-order valence-electron chi connectivity index (χ2n) is 3.42. The Hall–Kier alpha value is -2.35. The molecular formula is C10H11N5O2S. The SMILES string of the molecule is Nc1nc(NCc2ccsc2)c(NC=O)c(=O)[nH]1. The Kier molecular flexibility index (Phi) is 3.58. The molecule has 0 aliphatic heterocycles. The van der Waals surface area contributed by atoms with Crippen molar-refractivity contribution in [3.05, 3.63) is 32.7 Å². The van der Waals surface area contributed by atoms with Crippen LogP contribution in [0.2, 0.25) is 0 Å². The lowest BCUT2D eigenvalue weighted by Crippen LogP contribution is -2.19. The number of carbonyl (C=O) groups is 1. The molecule has 94 valence electrons. The van der Waals surface area contributed by atoms with Crippen LogP contribution in [-0.4, -0.2) is 16.4 Å². The first-order valence-electron chi connectivity index (χ1n) is 5.05. The van der Waals surface area contributed by atoms with Crippen molar-refractivity contribution >= 4 is 35.2 Å². The summed E-state index contributed by atoms with van der Waals surface area (Å²) in [7, 11) is 0. The van der Waals surface area contributed by atoms with Crippen molar-refractivity contribution in [2.75, 3.05) is 16.4 Å². The van der Waals surface area contributed by atoms with E-state index >= 15 is 0 Å². The lowest BCUT2D eigenvalue weighted by Gasteiger charge is -2.09. The minimum atomic E-state index is -0.498. The lowest BCUT2D eigenvalue weighted by atomic mass is 10.3. The number of anilines is 3. The van der Waals surface area contributed by atoms with Crippen LogP contribution in [0.25, 0.3) is 0 Å². The lowest BCUT2D eigenvalue weighted by molar-refractivity contribution is -0.105. The second-order valence-corrected chi connectivity index (χ2v) is 4.20. The zero-order valence-electron chi connectivity index (χ0n) is 9.27. The van der Waals surface area contributed by atoms with Crippen LogP contribution in [0.1, 0.15) is 5.56 Å². The van der Waals surface area contributed by atoms with Gasteiger partial charge in [0, 0.05) is 6.54 Å². The molecule has 0 unspecified atom stereocenters. The van der Waals surface area contributed by atoms with Crippen LogP contribution in [0.4, 0.5) is 17.5 Å². The molecule has 0 aromatic carbocycles. The summed E-state index contributed by atoms with van der Waals surface area (Å²) in [5.74, 6) is 0.235. The number of amides is 1. The van der Waals surface area contributed by atoms with Gasteiger partial charge in [0.05, 0.1) is 0 Å². The third kappa shape index (κ3) is 2.66. The Bertz CT molecular complexity index is 593. The van der Waals surface area contributed by atoms with E-state index < -0.39 is 5.56 Å². The summed E-state index contributed by atoms with van der Waals surface area (Å²) in [6.45, 7) is 0.493.